The average molecular weight is 420 g/mol. The van der Waals surface area contributed by atoms with E-state index in [-0.39, 0.29) is 5.91 Å². The number of halogens is 1. The molecule has 1 N–H and O–H groups in total. The number of amides is 1. The standard InChI is InChI=1S/C20H22BrNO4/c21-16-4-6-17(7-5-16)24-11-1-2-20(23)22-10-9-15-3-8-18-19(14-15)26-13-12-25-18/h3-8,14H,1-2,9-13H2,(H,22,23). The Morgan fingerprint density at radius 1 is 1.08 bits per heavy atom. The topological polar surface area (TPSA) is 56.8 Å². The van der Waals surface area contributed by atoms with Crippen molar-refractivity contribution in [3.8, 4) is 17.2 Å². The molecule has 0 aliphatic carbocycles. The molecular formula is C20H22BrNO4. The van der Waals surface area contributed by atoms with Crippen molar-refractivity contribution in [3.63, 3.8) is 0 Å². The molecule has 3 rings (SSSR count). The van der Waals surface area contributed by atoms with Crippen LogP contribution in [0.1, 0.15) is 18.4 Å². The largest absolute Gasteiger partial charge is 0.494 e. The maximum atomic E-state index is 11.9. The molecule has 6 heteroatoms. The predicted molar refractivity (Wildman–Crippen MR) is 103 cm³/mol. The first-order valence-corrected chi connectivity index (χ1v) is 9.53. The van der Waals surface area contributed by atoms with Crippen molar-refractivity contribution in [1.29, 1.82) is 0 Å². The lowest BCUT2D eigenvalue weighted by Crippen LogP contribution is -2.25. The van der Waals surface area contributed by atoms with Crippen molar-refractivity contribution in [2.75, 3.05) is 26.4 Å². The zero-order valence-electron chi connectivity index (χ0n) is 14.5. The summed E-state index contributed by atoms with van der Waals surface area (Å²) in [4.78, 5) is 11.9. The van der Waals surface area contributed by atoms with Gasteiger partial charge in [-0.05, 0) is 54.8 Å². The van der Waals surface area contributed by atoms with Gasteiger partial charge in [0.1, 0.15) is 19.0 Å². The third-order valence-electron chi connectivity index (χ3n) is 3.97. The molecule has 138 valence electrons. The van der Waals surface area contributed by atoms with Gasteiger partial charge in [0.2, 0.25) is 5.91 Å². The van der Waals surface area contributed by atoms with Crippen LogP contribution < -0.4 is 19.5 Å². The second-order valence-electron chi connectivity index (χ2n) is 5.98. The molecule has 2 aromatic rings. The lowest BCUT2D eigenvalue weighted by molar-refractivity contribution is -0.121. The highest BCUT2D eigenvalue weighted by molar-refractivity contribution is 9.10. The molecule has 1 aliphatic heterocycles. The third-order valence-corrected chi connectivity index (χ3v) is 4.50. The zero-order valence-corrected chi connectivity index (χ0v) is 16.1. The van der Waals surface area contributed by atoms with E-state index >= 15 is 0 Å². The lowest BCUT2D eigenvalue weighted by Gasteiger charge is -2.18. The van der Waals surface area contributed by atoms with Gasteiger partial charge in [0.15, 0.2) is 11.5 Å². The molecule has 0 bridgehead atoms. The molecule has 0 saturated carbocycles. The lowest BCUT2D eigenvalue weighted by atomic mass is 10.1. The van der Waals surface area contributed by atoms with Gasteiger partial charge < -0.3 is 19.5 Å². The van der Waals surface area contributed by atoms with Crippen LogP contribution in [0.15, 0.2) is 46.9 Å². The van der Waals surface area contributed by atoms with E-state index in [4.69, 9.17) is 14.2 Å². The Hall–Kier alpha value is -2.21. The van der Waals surface area contributed by atoms with E-state index in [9.17, 15) is 4.79 Å². The van der Waals surface area contributed by atoms with Gasteiger partial charge >= 0.3 is 0 Å². The normalized spacial score (nSPS) is 12.5. The monoisotopic (exact) mass is 419 g/mol. The van der Waals surface area contributed by atoms with Crippen molar-refractivity contribution in [3.05, 3.63) is 52.5 Å². The Balaban J connectivity index is 1.31. The van der Waals surface area contributed by atoms with E-state index in [1.54, 1.807) is 0 Å². The number of fused-ring (bicyclic) bond motifs is 1. The van der Waals surface area contributed by atoms with Gasteiger partial charge in [-0.15, -0.1) is 0 Å². The molecule has 2 aromatic carbocycles. The molecule has 0 fully saturated rings. The fourth-order valence-corrected chi connectivity index (χ4v) is 2.90. The number of carbonyl (C=O) groups excluding carboxylic acids is 1. The zero-order chi connectivity index (χ0) is 18.2. The summed E-state index contributed by atoms with van der Waals surface area (Å²) >= 11 is 3.38. The van der Waals surface area contributed by atoms with Crippen LogP contribution in [0.3, 0.4) is 0 Å². The Morgan fingerprint density at radius 3 is 2.65 bits per heavy atom. The predicted octanol–water partition coefficient (Wildman–Crippen LogP) is 3.74. The number of nitrogens with one attached hydrogen (secondary N) is 1. The van der Waals surface area contributed by atoms with Gasteiger partial charge in [-0.2, -0.15) is 0 Å². The van der Waals surface area contributed by atoms with E-state index in [0.29, 0.717) is 39.2 Å². The highest BCUT2D eigenvalue weighted by atomic mass is 79.9. The van der Waals surface area contributed by atoms with Crippen LogP contribution in [-0.4, -0.2) is 32.3 Å². The smallest absolute Gasteiger partial charge is 0.220 e. The summed E-state index contributed by atoms with van der Waals surface area (Å²) in [6.07, 6.45) is 1.90. The van der Waals surface area contributed by atoms with E-state index in [2.05, 4.69) is 21.2 Å². The maximum absolute atomic E-state index is 11.9. The minimum atomic E-state index is 0.0435. The first kappa shape index (κ1) is 18.6. The van der Waals surface area contributed by atoms with Crippen molar-refractivity contribution < 1.29 is 19.0 Å². The Kier molecular flexibility index (Phi) is 6.77. The summed E-state index contributed by atoms with van der Waals surface area (Å²) < 4.78 is 17.7. The molecule has 0 aromatic heterocycles. The van der Waals surface area contributed by atoms with Crippen molar-refractivity contribution in [2.24, 2.45) is 0 Å². The Morgan fingerprint density at radius 2 is 1.85 bits per heavy atom. The Bertz CT molecular complexity index is 733. The molecule has 1 aliphatic rings. The molecule has 0 spiro atoms. The number of rotatable bonds is 8. The van der Waals surface area contributed by atoms with Crippen LogP contribution in [0.2, 0.25) is 0 Å². The van der Waals surface area contributed by atoms with Crippen molar-refractivity contribution in [1.82, 2.24) is 5.32 Å². The molecule has 0 saturated heterocycles. The van der Waals surface area contributed by atoms with E-state index < -0.39 is 0 Å². The molecule has 0 atom stereocenters. The van der Waals surface area contributed by atoms with Crippen LogP contribution in [0.5, 0.6) is 17.2 Å². The van der Waals surface area contributed by atoms with Gasteiger partial charge in [-0.25, -0.2) is 0 Å². The summed E-state index contributed by atoms with van der Waals surface area (Å²) in [5.74, 6) is 2.43. The highest BCUT2D eigenvalue weighted by Crippen LogP contribution is 2.30. The highest BCUT2D eigenvalue weighted by Gasteiger charge is 2.11. The molecule has 0 radical (unpaired) electrons. The maximum Gasteiger partial charge on any atom is 0.220 e. The average Bonchev–Trinajstić information content (AvgIpc) is 2.66. The summed E-state index contributed by atoms with van der Waals surface area (Å²) in [7, 11) is 0. The van der Waals surface area contributed by atoms with Crippen LogP contribution >= 0.6 is 15.9 Å². The quantitative estimate of drug-likeness (QED) is 0.662. The van der Waals surface area contributed by atoms with Crippen LogP contribution in [-0.2, 0) is 11.2 Å². The SMILES string of the molecule is O=C(CCCOc1ccc(Br)cc1)NCCc1ccc2c(c1)OCCO2. The van der Waals surface area contributed by atoms with Crippen LogP contribution in [0.25, 0.3) is 0 Å². The van der Waals surface area contributed by atoms with E-state index in [0.717, 1.165) is 33.7 Å². The summed E-state index contributed by atoms with van der Waals surface area (Å²) in [5.41, 5.74) is 1.12. The van der Waals surface area contributed by atoms with E-state index in [1.165, 1.54) is 0 Å². The molecule has 26 heavy (non-hydrogen) atoms. The molecule has 1 heterocycles. The minimum absolute atomic E-state index is 0.0435. The van der Waals surface area contributed by atoms with Gasteiger partial charge in [-0.1, -0.05) is 22.0 Å². The van der Waals surface area contributed by atoms with Crippen LogP contribution in [0, 0.1) is 0 Å². The summed E-state index contributed by atoms with van der Waals surface area (Å²) in [5, 5.41) is 2.94. The van der Waals surface area contributed by atoms with Gasteiger partial charge in [0.25, 0.3) is 0 Å². The molecule has 0 unspecified atom stereocenters. The van der Waals surface area contributed by atoms with Gasteiger partial charge in [-0.3, -0.25) is 4.79 Å². The fourth-order valence-electron chi connectivity index (χ4n) is 2.63. The first-order chi connectivity index (χ1) is 12.7. The first-order valence-electron chi connectivity index (χ1n) is 8.74. The fraction of sp³-hybridized carbons (Fsp3) is 0.350. The number of hydrogen-bond acceptors (Lipinski definition) is 4. The number of hydrogen-bond donors (Lipinski definition) is 1. The Labute approximate surface area is 161 Å². The van der Waals surface area contributed by atoms with E-state index in [1.807, 2.05) is 42.5 Å². The minimum Gasteiger partial charge on any atom is -0.494 e. The van der Waals surface area contributed by atoms with Crippen LogP contribution in [0.4, 0.5) is 0 Å². The second-order valence-corrected chi connectivity index (χ2v) is 6.90. The number of benzene rings is 2. The van der Waals surface area contributed by atoms with Crippen molar-refractivity contribution >= 4 is 21.8 Å². The molecular weight excluding hydrogens is 398 g/mol. The van der Waals surface area contributed by atoms with Crippen molar-refractivity contribution in [2.45, 2.75) is 19.3 Å². The van der Waals surface area contributed by atoms with Gasteiger partial charge in [0.05, 0.1) is 6.61 Å². The third kappa shape index (κ3) is 5.66. The number of carbonyl (C=O) groups is 1. The summed E-state index contributed by atoms with van der Waals surface area (Å²) in [6.45, 7) is 2.30. The molecule has 5 nitrogen and oxygen atoms in total. The molecule has 1 amide bonds. The second kappa shape index (κ2) is 9.48. The summed E-state index contributed by atoms with van der Waals surface area (Å²) in [6, 6.07) is 13.6. The van der Waals surface area contributed by atoms with Gasteiger partial charge in [0, 0.05) is 17.4 Å². The number of ether oxygens (including phenoxy) is 3.